The van der Waals surface area contributed by atoms with Crippen LogP contribution in [0.15, 0.2) is 23.1 Å². The number of β-amino-alcohol motifs (C(OH)–C–C–N with tert-alkyl or cyclic N) is 1. The van der Waals surface area contributed by atoms with Crippen LogP contribution >= 0.6 is 11.8 Å². The van der Waals surface area contributed by atoms with E-state index < -0.39 is 11.0 Å². The second kappa shape index (κ2) is 5.58. The van der Waals surface area contributed by atoms with E-state index in [0.29, 0.717) is 23.4 Å². The molecule has 19 heavy (non-hydrogen) atoms. The molecule has 1 aromatic carbocycles. The van der Waals surface area contributed by atoms with Gasteiger partial charge in [0.2, 0.25) is 0 Å². The Morgan fingerprint density at radius 1 is 1.58 bits per heavy atom. The van der Waals surface area contributed by atoms with E-state index in [1.54, 1.807) is 18.4 Å². The minimum atomic E-state index is -0.496. The number of thioether (sulfide) groups is 1. The molecule has 1 aliphatic heterocycles. The van der Waals surface area contributed by atoms with Gasteiger partial charge in [-0.3, -0.25) is 14.9 Å². The van der Waals surface area contributed by atoms with Gasteiger partial charge in [0.05, 0.1) is 15.9 Å². The molecule has 102 valence electrons. The van der Waals surface area contributed by atoms with Crippen molar-refractivity contribution in [3.05, 3.63) is 33.9 Å². The first-order valence-corrected chi connectivity index (χ1v) is 7.05. The molecule has 1 aliphatic rings. The molecule has 1 atom stereocenters. The maximum atomic E-state index is 12.2. The fourth-order valence-corrected chi connectivity index (χ4v) is 2.62. The lowest BCUT2D eigenvalue weighted by Gasteiger charge is -2.15. The van der Waals surface area contributed by atoms with Crippen molar-refractivity contribution in [1.29, 1.82) is 0 Å². The maximum absolute atomic E-state index is 12.2. The lowest BCUT2D eigenvalue weighted by molar-refractivity contribution is -0.387. The van der Waals surface area contributed by atoms with Gasteiger partial charge < -0.3 is 10.0 Å². The summed E-state index contributed by atoms with van der Waals surface area (Å²) in [5.41, 5.74) is 0.233. The molecule has 1 amide bonds. The average Bonchev–Trinajstić information content (AvgIpc) is 2.83. The van der Waals surface area contributed by atoms with Crippen molar-refractivity contribution in [3.63, 3.8) is 0 Å². The molecule has 0 bridgehead atoms. The lowest BCUT2D eigenvalue weighted by atomic mass is 10.2. The van der Waals surface area contributed by atoms with Gasteiger partial charge in [0.1, 0.15) is 0 Å². The van der Waals surface area contributed by atoms with Crippen molar-refractivity contribution >= 4 is 23.4 Å². The van der Waals surface area contributed by atoms with Gasteiger partial charge in [-0.25, -0.2) is 0 Å². The third-order valence-electron chi connectivity index (χ3n) is 3.07. The number of carbonyl (C=O) groups excluding carboxylic acids is 1. The summed E-state index contributed by atoms with van der Waals surface area (Å²) in [5, 5.41) is 20.4. The summed E-state index contributed by atoms with van der Waals surface area (Å²) in [5.74, 6) is -0.271. The highest BCUT2D eigenvalue weighted by Gasteiger charge is 2.26. The van der Waals surface area contributed by atoms with E-state index in [1.807, 2.05) is 0 Å². The largest absolute Gasteiger partial charge is 0.391 e. The molecule has 1 aromatic rings. The predicted molar refractivity (Wildman–Crippen MR) is 71.4 cm³/mol. The minimum absolute atomic E-state index is 0.0573. The zero-order valence-electron chi connectivity index (χ0n) is 10.4. The van der Waals surface area contributed by atoms with Crippen LogP contribution in [0, 0.1) is 10.1 Å². The molecule has 0 spiro atoms. The number of nitrogens with zero attached hydrogens (tertiary/aromatic N) is 2. The maximum Gasteiger partial charge on any atom is 0.283 e. The first-order chi connectivity index (χ1) is 9.02. The highest BCUT2D eigenvalue weighted by Crippen LogP contribution is 2.29. The second-order valence-corrected chi connectivity index (χ2v) is 5.19. The number of aliphatic hydroxyl groups excluding tert-OH is 1. The van der Waals surface area contributed by atoms with Crippen molar-refractivity contribution in [2.45, 2.75) is 17.4 Å². The van der Waals surface area contributed by atoms with Crippen molar-refractivity contribution < 1.29 is 14.8 Å². The van der Waals surface area contributed by atoms with Gasteiger partial charge in [-0.2, -0.15) is 0 Å². The van der Waals surface area contributed by atoms with Crippen molar-refractivity contribution in [2.75, 3.05) is 19.3 Å². The monoisotopic (exact) mass is 282 g/mol. The Hall–Kier alpha value is -1.60. The minimum Gasteiger partial charge on any atom is -0.391 e. The predicted octanol–water partition coefficient (Wildman–Crippen LogP) is 1.52. The Kier molecular flexibility index (Phi) is 4.06. The molecule has 1 N–H and O–H groups in total. The number of nitro groups is 1. The summed E-state index contributed by atoms with van der Waals surface area (Å²) in [6.45, 7) is 0.773. The van der Waals surface area contributed by atoms with Gasteiger partial charge in [-0.15, -0.1) is 11.8 Å². The van der Waals surface area contributed by atoms with Crippen LogP contribution in [0.2, 0.25) is 0 Å². The highest BCUT2D eigenvalue weighted by molar-refractivity contribution is 7.98. The summed E-state index contributed by atoms with van der Waals surface area (Å²) in [4.78, 5) is 24.7. The van der Waals surface area contributed by atoms with E-state index in [9.17, 15) is 20.0 Å². The molecule has 1 fully saturated rings. The van der Waals surface area contributed by atoms with Crippen LogP contribution in [0.5, 0.6) is 0 Å². The molecular formula is C12H14N2O4S. The normalized spacial score (nSPS) is 18.6. The zero-order chi connectivity index (χ0) is 14.0. The van der Waals surface area contributed by atoms with E-state index in [2.05, 4.69) is 0 Å². The number of aliphatic hydroxyl groups is 1. The van der Waals surface area contributed by atoms with Gasteiger partial charge in [-0.05, 0) is 24.8 Å². The topological polar surface area (TPSA) is 83.7 Å². The lowest BCUT2D eigenvalue weighted by Crippen LogP contribution is -2.29. The SMILES string of the molecule is CSc1ccc(C(=O)N2CC[C@H](O)C2)cc1[N+](=O)[O-]. The average molecular weight is 282 g/mol. The molecule has 0 unspecified atom stereocenters. The smallest absolute Gasteiger partial charge is 0.283 e. The van der Waals surface area contributed by atoms with Crippen LogP contribution in [0.3, 0.4) is 0 Å². The number of hydrogen-bond acceptors (Lipinski definition) is 5. The Labute approximate surface area is 114 Å². The number of rotatable bonds is 3. The molecule has 0 radical (unpaired) electrons. The molecule has 1 saturated heterocycles. The van der Waals surface area contributed by atoms with E-state index in [1.165, 1.54) is 22.7 Å². The van der Waals surface area contributed by atoms with Crippen molar-refractivity contribution in [1.82, 2.24) is 4.90 Å². The van der Waals surface area contributed by atoms with Crippen molar-refractivity contribution in [2.24, 2.45) is 0 Å². The van der Waals surface area contributed by atoms with E-state index in [4.69, 9.17) is 0 Å². The Morgan fingerprint density at radius 2 is 2.32 bits per heavy atom. The second-order valence-electron chi connectivity index (χ2n) is 4.34. The number of benzene rings is 1. The fraction of sp³-hybridized carbons (Fsp3) is 0.417. The fourth-order valence-electron chi connectivity index (χ4n) is 2.07. The molecular weight excluding hydrogens is 268 g/mol. The number of carbonyl (C=O) groups is 1. The van der Waals surface area contributed by atoms with Gasteiger partial charge in [0.25, 0.3) is 11.6 Å². The molecule has 6 nitrogen and oxygen atoms in total. The quantitative estimate of drug-likeness (QED) is 0.516. The van der Waals surface area contributed by atoms with Crippen LogP contribution in [-0.2, 0) is 0 Å². The summed E-state index contributed by atoms with van der Waals surface area (Å²) in [7, 11) is 0. The van der Waals surface area contributed by atoms with E-state index in [-0.39, 0.29) is 18.1 Å². The number of hydrogen-bond donors (Lipinski definition) is 1. The Balaban J connectivity index is 2.28. The third kappa shape index (κ3) is 2.87. The van der Waals surface area contributed by atoms with Gasteiger partial charge in [0.15, 0.2) is 0 Å². The standard InChI is InChI=1S/C12H14N2O4S/c1-19-11-3-2-8(6-10(11)14(17)18)12(16)13-5-4-9(15)7-13/h2-3,6,9,15H,4-5,7H2,1H3/t9-/m0/s1. The van der Waals surface area contributed by atoms with Gasteiger partial charge in [0, 0.05) is 24.7 Å². The van der Waals surface area contributed by atoms with Gasteiger partial charge >= 0.3 is 0 Å². The zero-order valence-corrected chi connectivity index (χ0v) is 11.2. The van der Waals surface area contributed by atoms with Crippen LogP contribution in [0.25, 0.3) is 0 Å². The van der Waals surface area contributed by atoms with E-state index >= 15 is 0 Å². The van der Waals surface area contributed by atoms with Gasteiger partial charge in [-0.1, -0.05) is 0 Å². The first kappa shape index (κ1) is 13.8. The first-order valence-electron chi connectivity index (χ1n) is 5.82. The van der Waals surface area contributed by atoms with Crippen LogP contribution in [0.1, 0.15) is 16.8 Å². The van der Waals surface area contributed by atoms with Crippen molar-refractivity contribution in [3.8, 4) is 0 Å². The number of amides is 1. The Morgan fingerprint density at radius 3 is 2.84 bits per heavy atom. The summed E-state index contributed by atoms with van der Waals surface area (Å²) in [6, 6.07) is 4.48. The summed E-state index contributed by atoms with van der Waals surface area (Å²) >= 11 is 1.27. The number of nitro benzene ring substituents is 1. The molecule has 0 aliphatic carbocycles. The molecule has 7 heteroatoms. The van der Waals surface area contributed by atoms with E-state index in [0.717, 1.165) is 0 Å². The number of likely N-dealkylation sites (tertiary alicyclic amines) is 1. The third-order valence-corrected chi connectivity index (χ3v) is 3.86. The van der Waals surface area contributed by atoms with Crippen LogP contribution in [0.4, 0.5) is 5.69 Å². The highest BCUT2D eigenvalue weighted by atomic mass is 32.2. The van der Waals surface area contributed by atoms with Crippen LogP contribution < -0.4 is 0 Å². The molecule has 2 rings (SSSR count). The summed E-state index contributed by atoms with van der Waals surface area (Å²) in [6.07, 6.45) is 1.81. The molecule has 0 saturated carbocycles. The molecule has 1 heterocycles. The molecule has 0 aromatic heterocycles. The van der Waals surface area contributed by atoms with Crippen LogP contribution in [-0.4, -0.2) is 46.3 Å². The summed E-state index contributed by atoms with van der Waals surface area (Å²) < 4.78 is 0. The Bertz CT molecular complexity index is 520.